The summed E-state index contributed by atoms with van der Waals surface area (Å²) in [5.41, 5.74) is 4.77. The molecule has 1 N–H and O–H groups in total. The number of nitrogens with zero attached hydrogens (tertiary/aromatic N) is 2. The van der Waals surface area contributed by atoms with Crippen LogP contribution in [0.3, 0.4) is 0 Å². The zero-order valence-corrected chi connectivity index (χ0v) is 15.7. The van der Waals surface area contributed by atoms with Crippen molar-refractivity contribution in [2.45, 2.75) is 19.4 Å². The normalized spacial score (nSPS) is 19.4. The number of likely N-dealkylation sites (tertiary alicyclic amines) is 1. The van der Waals surface area contributed by atoms with Gasteiger partial charge in [-0.25, -0.2) is 0 Å². The van der Waals surface area contributed by atoms with Crippen LogP contribution >= 0.6 is 0 Å². The molecule has 2 aliphatic heterocycles. The van der Waals surface area contributed by atoms with E-state index in [4.69, 9.17) is 4.74 Å². The number of aromatic nitrogens is 2. The largest absolute Gasteiger partial charge is 0.381 e. The summed E-state index contributed by atoms with van der Waals surface area (Å²) in [5.74, 6) is 0. The summed E-state index contributed by atoms with van der Waals surface area (Å²) in [6.07, 6.45) is 6.18. The highest BCUT2D eigenvalue weighted by molar-refractivity contribution is 5.94. The van der Waals surface area contributed by atoms with Crippen LogP contribution in [0.1, 0.15) is 18.4 Å². The summed E-state index contributed by atoms with van der Waals surface area (Å²) in [4.78, 5) is 17.9. The van der Waals surface area contributed by atoms with Crippen LogP contribution in [-0.2, 0) is 18.3 Å². The van der Waals surface area contributed by atoms with E-state index in [-0.39, 0.29) is 5.56 Å². The molecule has 3 aromatic rings. The minimum absolute atomic E-state index is 0.00944. The second-order valence-electron chi connectivity index (χ2n) is 8.18. The number of aromatic amines is 1. The molecule has 4 heterocycles. The van der Waals surface area contributed by atoms with Gasteiger partial charge in [0.2, 0.25) is 0 Å². The van der Waals surface area contributed by atoms with Crippen LogP contribution in [0, 0.1) is 5.41 Å². The lowest BCUT2D eigenvalue weighted by molar-refractivity contribution is -0.0839. The molecule has 0 saturated carbocycles. The average Bonchev–Trinajstić information content (AvgIpc) is 3.10. The van der Waals surface area contributed by atoms with Gasteiger partial charge in [-0.3, -0.25) is 9.69 Å². The zero-order chi connectivity index (χ0) is 18.4. The fraction of sp³-hybridized carbons (Fsp3) is 0.409. The number of H-pyrrole nitrogens is 1. The first-order valence-electron chi connectivity index (χ1n) is 9.70. The SMILES string of the molecule is Cn1ccc2c(-c3ccc(CN4CC5(CCOCC5)C4)cc3)c[nH]c2c1=O. The number of fused-ring (bicyclic) bond motifs is 1. The quantitative estimate of drug-likeness (QED) is 0.778. The number of benzene rings is 1. The van der Waals surface area contributed by atoms with Crippen molar-refractivity contribution in [2.75, 3.05) is 26.3 Å². The third kappa shape index (κ3) is 2.91. The maximum Gasteiger partial charge on any atom is 0.274 e. The van der Waals surface area contributed by atoms with Crippen LogP contribution in [0.15, 0.2) is 47.5 Å². The van der Waals surface area contributed by atoms with Gasteiger partial charge < -0.3 is 14.3 Å². The van der Waals surface area contributed by atoms with Crippen LogP contribution in [-0.4, -0.2) is 40.8 Å². The smallest absolute Gasteiger partial charge is 0.274 e. The van der Waals surface area contributed by atoms with E-state index < -0.39 is 0 Å². The molecule has 5 nitrogen and oxygen atoms in total. The fourth-order valence-electron chi connectivity index (χ4n) is 4.64. The first-order chi connectivity index (χ1) is 13.1. The Morgan fingerprint density at radius 3 is 2.59 bits per heavy atom. The van der Waals surface area contributed by atoms with E-state index in [1.54, 1.807) is 11.6 Å². The van der Waals surface area contributed by atoms with Crippen LogP contribution < -0.4 is 5.56 Å². The molecule has 1 spiro atoms. The zero-order valence-electron chi connectivity index (χ0n) is 15.7. The molecule has 0 amide bonds. The van der Waals surface area contributed by atoms with Gasteiger partial charge in [0.05, 0.1) is 0 Å². The number of hydrogen-bond acceptors (Lipinski definition) is 3. The Morgan fingerprint density at radius 2 is 1.85 bits per heavy atom. The molecule has 2 aromatic heterocycles. The fourth-order valence-corrected chi connectivity index (χ4v) is 4.64. The summed E-state index contributed by atoms with van der Waals surface area (Å²) < 4.78 is 7.11. The van der Waals surface area contributed by atoms with Crippen molar-refractivity contribution < 1.29 is 4.74 Å². The van der Waals surface area contributed by atoms with Crippen molar-refractivity contribution in [3.05, 3.63) is 58.6 Å². The number of hydrogen-bond donors (Lipinski definition) is 1. The molecule has 0 bridgehead atoms. The third-order valence-electron chi connectivity index (χ3n) is 6.26. The maximum atomic E-state index is 12.2. The molecular weight excluding hydrogens is 338 g/mol. The van der Waals surface area contributed by atoms with E-state index in [1.165, 1.54) is 31.5 Å². The molecule has 5 heteroatoms. The first kappa shape index (κ1) is 16.8. The van der Waals surface area contributed by atoms with Gasteiger partial charge in [-0.15, -0.1) is 0 Å². The van der Waals surface area contributed by atoms with Gasteiger partial charge in [0.25, 0.3) is 5.56 Å². The molecule has 2 aliphatic rings. The molecule has 0 radical (unpaired) electrons. The van der Waals surface area contributed by atoms with E-state index >= 15 is 0 Å². The van der Waals surface area contributed by atoms with Crippen molar-refractivity contribution in [1.29, 1.82) is 0 Å². The van der Waals surface area contributed by atoms with E-state index in [0.717, 1.165) is 36.3 Å². The second kappa shape index (κ2) is 6.36. The average molecular weight is 363 g/mol. The van der Waals surface area contributed by atoms with Gasteiger partial charge in [-0.05, 0) is 30.0 Å². The van der Waals surface area contributed by atoms with Crippen molar-refractivity contribution in [3.63, 3.8) is 0 Å². The summed E-state index contributed by atoms with van der Waals surface area (Å²) in [6, 6.07) is 10.8. The molecule has 1 aromatic carbocycles. The third-order valence-corrected chi connectivity index (χ3v) is 6.26. The van der Waals surface area contributed by atoms with Crippen molar-refractivity contribution in [3.8, 4) is 11.1 Å². The summed E-state index contributed by atoms with van der Waals surface area (Å²) in [7, 11) is 1.78. The van der Waals surface area contributed by atoms with Gasteiger partial charge in [-0.1, -0.05) is 24.3 Å². The molecule has 0 unspecified atom stereocenters. The van der Waals surface area contributed by atoms with E-state index in [2.05, 4.69) is 34.1 Å². The minimum Gasteiger partial charge on any atom is -0.381 e. The molecule has 2 saturated heterocycles. The Labute approximate surface area is 158 Å². The Kier molecular flexibility index (Phi) is 3.95. The molecule has 140 valence electrons. The topological polar surface area (TPSA) is 50.3 Å². The summed E-state index contributed by atoms with van der Waals surface area (Å²) >= 11 is 0. The monoisotopic (exact) mass is 363 g/mol. The highest BCUT2D eigenvalue weighted by atomic mass is 16.5. The van der Waals surface area contributed by atoms with Crippen LogP contribution in [0.2, 0.25) is 0 Å². The molecule has 5 rings (SSSR count). The van der Waals surface area contributed by atoms with Gasteiger partial charge in [0.15, 0.2) is 0 Å². The Balaban J connectivity index is 1.31. The van der Waals surface area contributed by atoms with Crippen LogP contribution in [0.4, 0.5) is 0 Å². The van der Waals surface area contributed by atoms with Crippen LogP contribution in [0.25, 0.3) is 22.0 Å². The Hall–Kier alpha value is -2.37. The lowest BCUT2D eigenvalue weighted by Crippen LogP contribution is -2.57. The molecule has 0 aliphatic carbocycles. The van der Waals surface area contributed by atoms with E-state index in [9.17, 15) is 4.79 Å². The van der Waals surface area contributed by atoms with Gasteiger partial charge in [0, 0.05) is 68.7 Å². The highest BCUT2D eigenvalue weighted by Crippen LogP contribution is 2.40. The Morgan fingerprint density at radius 1 is 1.11 bits per heavy atom. The summed E-state index contributed by atoms with van der Waals surface area (Å²) in [5, 5.41) is 0.982. The predicted molar refractivity (Wildman–Crippen MR) is 107 cm³/mol. The minimum atomic E-state index is 0.00944. The second-order valence-corrected chi connectivity index (χ2v) is 8.18. The van der Waals surface area contributed by atoms with Gasteiger partial charge >= 0.3 is 0 Å². The lowest BCUT2D eigenvalue weighted by Gasteiger charge is -2.52. The maximum absolute atomic E-state index is 12.2. The number of rotatable bonds is 3. The number of aryl methyl sites for hydroxylation is 1. The Bertz CT molecular complexity index is 1020. The highest BCUT2D eigenvalue weighted by Gasteiger charge is 2.43. The standard InChI is InChI=1S/C22H25N3O2/c1-24-9-6-18-19(12-23-20(18)21(24)26)17-4-2-16(3-5-17)13-25-14-22(15-25)7-10-27-11-8-22/h2-6,9,12,23H,7-8,10-11,13-15H2,1H3. The number of ether oxygens (including phenoxy) is 1. The van der Waals surface area contributed by atoms with Gasteiger partial charge in [0.1, 0.15) is 5.52 Å². The van der Waals surface area contributed by atoms with Crippen molar-refractivity contribution in [2.24, 2.45) is 12.5 Å². The van der Waals surface area contributed by atoms with Crippen molar-refractivity contribution >= 4 is 10.9 Å². The van der Waals surface area contributed by atoms with Crippen molar-refractivity contribution in [1.82, 2.24) is 14.5 Å². The number of pyridine rings is 1. The molecule has 2 fully saturated rings. The molecule has 27 heavy (non-hydrogen) atoms. The summed E-state index contributed by atoms with van der Waals surface area (Å²) in [6.45, 7) is 5.26. The first-order valence-corrected chi connectivity index (χ1v) is 9.70. The predicted octanol–water partition coefficient (Wildman–Crippen LogP) is 3.15. The number of nitrogens with one attached hydrogen (secondary N) is 1. The lowest BCUT2D eigenvalue weighted by atomic mass is 9.73. The molecular formula is C22H25N3O2. The van der Waals surface area contributed by atoms with E-state index in [1.807, 2.05) is 18.5 Å². The molecule has 0 atom stereocenters. The van der Waals surface area contributed by atoms with E-state index in [0.29, 0.717) is 10.9 Å². The van der Waals surface area contributed by atoms with Gasteiger partial charge in [-0.2, -0.15) is 0 Å². The van der Waals surface area contributed by atoms with Crippen LogP contribution in [0.5, 0.6) is 0 Å².